The van der Waals surface area contributed by atoms with Gasteiger partial charge in [-0.25, -0.2) is 0 Å². The molecule has 0 spiro atoms. The molecule has 10 rings (SSSR count). The maximum absolute atomic E-state index is 3.55. The third kappa shape index (κ3) is 8.05. The summed E-state index contributed by atoms with van der Waals surface area (Å²) in [6.07, 6.45) is 0. The molecule has 8 aromatic rings. The van der Waals surface area contributed by atoms with Gasteiger partial charge >= 0.3 is 0 Å². The average molecular weight is 955 g/mol. The SMILES string of the molecule is Brc1ccc(I)cc1.Brc1ccc(N2c3ccccc3N(c3ccccc3)c3ccccc32)cc1.c1ccc(N2c3ccccc3Nc3ccccc32)cc1. The number of benzene rings is 8. The lowest BCUT2D eigenvalue weighted by molar-refractivity contribution is 1.17. The minimum Gasteiger partial charge on any atom is -0.352 e. The summed E-state index contributed by atoms with van der Waals surface area (Å²) in [6.45, 7) is 0. The lowest BCUT2D eigenvalue weighted by atomic mass is 10.0. The summed E-state index contributed by atoms with van der Waals surface area (Å²) in [5, 5.41) is 3.50. The minimum absolute atomic E-state index is 1.08. The van der Waals surface area contributed by atoms with E-state index in [0.717, 1.165) is 31.7 Å². The molecule has 0 saturated carbocycles. The van der Waals surface area contributed by atoms with Gasteiger partial charge in [-0.2, -0.15) is 0 Å². The number of fused-ring (bicyclic) bond motifs is 4. The zero-order valence-electron chi connectivity index (χ0n) is 29.6. The lowest BCUT2D eigenvalue weighted by Crippen LogP contribution is -2.23. The molecule has 0 aromatic heterocycles. The van der Waals surface area contributed by atoms with Crippen molar-refractivity contribution in [3.63, 3.8) is 0 Å². The van der Waals surface area contributed by atoms with Gasteiger partial charge in [-0.3, -0.25) is 0 Å². The van der Waals surface area contributed by atoms with Crippen LogP contribution in [0.5, 0.6) is 0 Å². The van der Waals surface area contributed by atoms with Gasteiger partial charge in [0, 0.05) is 29.6 Å². The number of halogens is 3. The van der Waals surface area contributed by atoms with Gasteiger partial charge in [0.2, 0.25) is 0 Å². The Kier molecular flexibility index (Phi) is 11.3. The molecule has 4 nitrogen and oxygen atoms in total. The molecule has 0 radical (unpaired) electrons. The molecule has 2 heterocycles. The fraction of sp³-hybridized carbons (Fsp3) is 0. The van der Waals surface area contributed by atoms with Crippen LogP contribution in [0.4, 0.5) is 62.6 Å². The molecule has 0 aliphatic carbocycles. The highest BCUT2D eigenvalue weighted by atomic mass is 127. The third-order valence-electron chi connectivity index (χ3n) is 9.20. The number of nitrogens with zero attached hydrogens (tertiary/aromatic N) is 3. The van der Waals surface area contributed by atoms with E-state index >= 15 is 0 Å². The van der Waals surface area contributed by atoms with Crippen LogP contribution in [0.15, 0.2) is 215 Å². The summed E-state index contributed by atoms with van der Waals surface area (Å²) in [5.41, 5.74) is 12.8. The van der Waals surface area contributed by atoms with Gasteiger partial charge in [-0.05, 0) is 144 Å². The Bertz CT molecular complexity index is 2400. The maximum atomic E-state index is 3.55. The zero-order chi connectivity index (χ0) is 37.6. The largest absolute Gasteiger partial charge is 0.352 e. The molecule has 0 atom stereocenters. The van der Waals surface area contributed by atoms with Crippen molar-refractivity contribution in [1.29, 1.82) is 0 Å². The maximum Gasteiger partial charge on any atom is 0.0703 e. The molecular formula is C48H35Br2IN4. The first-order valence-electron chi connectivity index (χ1n) is 17.9. The molecule has 2 aliphatic heterocycles. The first-order valence-corrected chi connectivity index (χ1v) is 20.5. The highest BCUT2D eigenvalue weighted by molar-refractivity contribution is 14.1. The topological polar surface area (TPSA) is 21.8 Å². The van der Waals surface area contributed by atoms with E-state index in [0.29, 0.717) is 0 Å². The Labute approximate surface area is 353 Å². The van der Waals surface area contributed by atoms with E-state index in [2.05, 4.69) is 263 Å². The first-order chi connectivity index (χ1) is 27.0. The summed E-state index contributed by atoms with van der Waals surface area (Å²) in [4.78, 5) is 6.96. The Morgan fingerprint density at radius 3 is 0.982 bits per heavy atom. The summed E-state index contributed by atoms with van der Waals surface area (Å²) in [6, 6.07) is 71.6. The van der Waals surface area contributed by atoms with Crippen LogP contribution in [0.25, 0.3) is 0 Å². The molecule has 8 aromatic carbocycles. The van der Waals surface area contributed by atoms with Crippen LogP contribution < -0.4 is 20.0 Å². The van der Waals surface area contributed by atoms with Gasteiger partial charge in [0.05, 0.1) is 45.5 Å². The molecule has 0 fully saturated rings. The molecule has 55 heavy (non-hydrogen) atoms. The standard InChI is InChI=1S/C24H17BrN2.C18H14N2.C6H4BrI/c25-18-14-16-20(17-15-18)27-23-12-6-4-10-21(23)26(19-8-2-1-3-9-19)22-11-5-7-13-24(22)27;1-2-8-14(9-3-1)20-17-12-6-4-10-15(17)19-16-11-5-7-13-18(16)20;7-5-1-3-6(8)4-2-5/h1-17H;1-13,19H;1-4H. The third-order valence-corrected chi connectivity index (χ3v) is 11.0. The van der Waals surface area contributed by atoms with Crippen molar-refractivity contribution in [3.05, 3.63) is 219 Å². The number of nitrogens with one attached hydrogen (secondary N) is 1. The number of anilines is 11. The van der Waals surface area contributed by atoms with Crippen LogP contribution in [0.3, 0.4) is 0 Å². The van der Waals surface area contributed by atoms with Crippen molar-refractivity contribution in [2.24, 2.45) is 0 Å². The van der Waals surface area contributed by atoms with E-state index in [4.69, 9.17) is 0 Å². The highest BCUT2D eigenvalue weighted by Gasteiger charge is 2.30. The van der Waals surface area contributed by atoms with Crippen LogP contribution in [-0.4, -0.2) is 0 Å². The van der Waals surface area contributed by atoms with Gasteiger partial charge in [-0.1, -0.05) is 117 Å². The minimum atomic E-state index is 1.08. The van der Waals surface area contributed by atoms with Gasteiger partial charge in [0.15, 0.2) is 0 Å². The van der Waals surface area contributed by atoms with Crippen LogP contribution in [0, 0.1) is 3.57 Å². The smallest absolute Gasteiger partial charge is 0.0703 e. The molecular weight excluding hydrogens is 919 g/mol. The number of hydrogen-bond donors (Lipinski definition) is 1. The fourth-order valence-electron chi connectivity index (χ4n) is 6.78. The molecule has 0 unspecified atom stereocenters. The van der Waals surface area contributed by atoms with Crippen molar-refractivity contribution in [2.45, 2.75) is 0 Å². The number of para-hydroxylation sites is 10. The Balaban J connectivity index is 0.000000133. The molecule has 0 bridgehead atoms. The van der Waals surface area contributed by atoms with E-state index in [1.807, 2.05) is 18.2 Å². The van der Waals surface area contributed by atoms with Crippen molar-refractivity contribution in [3.8, 4) is 0 Å². The Hall–Kier alpha value is -5.35. The van der Waals surface area contributed by atoms with Crippen LogP contribution >= 0.6 is 54.5 Å². The molecule has 7 heteroatoms. The molecule has 2 aliphatic rings. The van der Waals surface area contributed by atoms with Crippen LogP contribution in [0.2, 0.25) is 0 Å². The normalized spacial score (nSPS) is 11.9. The van der Waals surface area contributed by atoms with Crippen LogP contribution in [0.1, 0.15) is 0 Å². The number of rotatable bonds is 3. The second kappa shape index (κ2) is 17.0. The Morgan fingerprint density at radius 2 is 0.600 bits per heavy atom. The highest BCUT2D eigenvalue weighted by Crippen LogP contribution is 2.54. The van der Waals surface area contributed by atoms with E-state index in [9.17, 15) is 0 Å². The zero-order valence-corrected chi connectivity index (χ0v) is 34.9. The predicted molar refractivity (Wildman–Crippen MR) is 248 cm³/mol. The molecule has 1 N–H and O–H groups in total. The van der Waals surface area contributed by atoms with Crippen molar-refractivity contribution >= 4 is 117 Å². The van der Waals surface area contributed by atoms with E-state index in [1.54, 1.807) is 0 Å². The van der Waals surface area contributed by atoms with E-state index < -0.39 is 0 Å². The Morgan fingerprint density at radius 1 is 0.309 bits per heavy atom. The average Bonchev–Trinajstić information content (AvgIpc) is 3.24. The molecule has 268 valence electrons. The van der Waals surface area contributed by atoms with E-state index in [1.165, 1.54) is 43.4 Å². The van der Waals surface area contributed by atoms with Gasteiger partial charge in [0.25, 0.3) is 0 Å². The van der Waals surface area contributed by atoms with Crippen molar-refractivity contribution in [1.82, 2.24) is 0 Å². The second-order valence-corrected chi connectivity index (χ2v) is 15.8. The molecule has 0 amide bonds. The summed E-state index contributed by atoms with van der Waals surface area (Å²) >= 11 is 9.16. The van der Waals surface area contributed by atoms with Crippen molar-refractivity contribution < 1.29 is 0 Å². The first kappa shape index (κ1) is 36.6. The summed E-state index contributed by atoms with van der Waals surface area (Å²) in [5.74, 6) is 0. The second-order valence-electron chi connectivity index (χ2n) is 12.7. The predicted octanol–water partition coefficient (Wildman–Crippen LogP) is 16.0. The van der Waals surface area contributed by atoms with E-state index in [-0.39, 0.29) is 0 Å². The number of hydrogen-bond acceptors (Lipinski definition) is 4. The van der Waals surface area contributed by atoms with Gasteiger partial charge < -0.3 is 20.0 Å². The fourth-order valence-corrected chi connectivity index (χ4v) is 7.66. The monoisotopic (exact) mass is 952 g/mol. The quantitative estimate of drug-likeness (QED) is 0.178. The van der Waals surface area contributed by atoms with Gasteiger partial charge in [-0.15, -0.1) is 0 Å². The molecule has 0 saturated heterocycles. The summed E-state index contributed by atoms with van der Waals surface area (Å²) < 4.78 is 3.49. The lowest BCUT2D eigenvalue weighted by Gasteiger charge is -2.40. The van der Waals surface area contributed by atoms with Crippen molar-refractivity contribution in [2.75, 3.05) is 20.0 Å². The van der Waals surface area contributed by atoms with Gasteiger partial charge in [0.1, 0.15) is 0 Å². The summed E-state index contributed by atoms with van der Waals surface area (Å²) in [7, 11) is 0. The van der Waals surface area contributed by atoms with Crippen LogP contribution in [-0.2, 0) is 0 Å².